The van der Waals surface area contributed by atoms with Crippen LogP contribution in [-0.2, 0) is 11.5 Å². The van der Waals surface area contributed by atoms with Gasteiger partial charge in [0.15, 0.2) is 11.6 Å². The van der Waals surface area contributed by atoms with Crippen molar-refractivity contribution in [1.29, 1.82) is 0 Å². The number of nitrogens with one attached hydrogen (secondary N) is 1. The van der Waals surface area contributed by atoms with Gasteiger partial charge in [0.1, 0.15) is 18.2 Å². The quantitative estimate of drug-likeness (QED) is 0.223. The van der Waals surface area contributed by atoms with Crippen LogP contribution in [0.3, 0.4) is 0 Å². The van der Waals surface area contributed by atoms with Crippen LogP contribution in [0.15, 0.2) is 36.5 Å². The number of methoxy groups -OCH3 is 1. The lowest BCUT2D eigenvalue weighted by Gasteiger charge is -2.39. The molecule has 0 radical (unpaired) electrons. The SMILES string of the molecule is COc1ccc2ncc(CF)c(C(O)CCC3(C(=O)O)CCN(CCNc4cc(F)cc(F)c4F)CC3)c2c1. The van der Waals surface area contributed by atoms with Gasteiger partial charge in [0.25, 0.3) is 0 Å². The molecular formula is C28H31F4N3O4. The van der Waals surface area contributed by atoms with Crippen LogP contribution in [0.2, 0.25) is 0 Å². The number of pyridine rings is 1. The molecule has 3 aromatic rings. The highest BCUT2D eigenvalue weighted by Crippen LogP contribution is 2.40. The molecule has 11 heteroatoms. The van der Waals surface area contributed by atoms with Crippen molar-refractivity contribution in [3.05, 3.63) is 65.1 Å². The number of fused-ring (bicyclic) bond motifs is 1. The zero-order valence-corrected chi connectivity index (χ0v) is 21.5. The lowest BCUT2D eigenvalue weighted by Crippen LogP contribution is -2.45. The molecule has 2 aromatic carbocycles. The first-order valence-electron chi connectivity index (χ1n) is 12.7. The summed E-state index contributed by atoms with van der Waals surface area (Å²) < 4.78 is 59.7. The Morgan fingerprint density at radius 2 is 1.95 bits per heavy atom. The van der Waals surface area contributed by atoms with Crippen LogP contribution in [0, 0.1) is 22.9 Å². The van der Waals surface area contributed by atoms with Crippen LogP contribution in [0.5, 0.6) is 5.75 Å². The zero-order valence-electron chi connectivity index (χ0n) is 21.5. The number of piperidine rings is 1. The fraction of sp³-hybridized carbons (Fsp3) is 0.429. The zero-order chi connectivity index (χ0) is 28.2. The van der Waals surface area contributed by atoms with Gasteiger partial charge in [0.05, 0.1) is 29.8 Å². The Hall–Kier alpha value is -3.44. The molecule has 210 valence electrons. The third-order valence-electron chi connectivity index (χ3n) is 7.58. The molecule has 0 aliphatic carbocycles. The molecule has 7 nitrogen and oxygen atoms in total. The minimum Gasteiger partial charge on any atom is -0.497 e. The van der Waals surface area contributed by atoms with Crippen molar-refractivity contribution < 1.29 is 37.3 Å². The molecule has 4 rings (SSSR count). The van der Waals surface area contributed by atoms with Gasteiger partial charge in [-0.15, -0.1) is 0 Å². The number of anilines is 1. The number of rotatable bonds is 11. The molecule has 39 heavy (non-hydrogen) atoms. The number of aliphatic carboxylic acids is 1. The summed E-state index contributed by atoms with van der Waals surface area (Å²) in [7, 11) is 1.50. The second-order valence-electron chi connectivity index (χ2n) is 9.87. The number of hydrogen-bond donors (Lipinski definition) is 3. The van der Waals surface area contributed by atoms with Crippen molar-refractivity contribution in [2.24, 2.45) is 5.41 Å². The fourth-order valence-corrected chi connectivity index (χ4v) is 5.23. The Kier molecular flexibility index (Phi) is 8.91. The lowest BCUT2D eigenvalue weighted by molar-refractivity contribution is -0.153. The average Bonchev–Trinajstić information content (AvgIpc) is 2.93. The number of carboxylic acids is 1. The fourth-order valence-electron chi connectivity index (χ4n) is 5.23. The predicted molar refractivity (Wildman–Crippen MR) is 138 cm³/mol. The standard InChI is InChI=1S/C28H31F4N3O4/c1-39-19-2-3-22-20(14-19)25(17(15-29)16-34-22)24(36)4-5-28(27(37)38)6-9-35(10-7-28)11-8-33-23-13-18(30)12-21(31)26(23)32/h2-3,12-14,16,24,33,36H,4-11,15H2,1H3,(H,37,38). The summed E-state index contributed by atoms with van der Waals surface area (Å²) in [4.78, 5) is 18.6. The summed E-state index contributed by atoms with van der Waals surface area (Å²) in [5, 5.41) is 24.5. The number of nitrogens with zero attached hydrogens (tertiary/aromatic N) is 2. The molecular weight excluding hydrogens is 518 g/mol. The number of carboxylic acid groups (broad SMARTS) is 1. The molecule has 1 aliphatic heterocycles. The van der Waals surface area contributed by atoms with Gasteiger partial charge < -0.3 is 25.2 Å². The van der Waals surface area contributed by atoms with Crippen LogP contribution >= 0.6 is 0 Å². The third kappa shape index (κ3) is 6.25. The number of alkyl halides is 1. The van der Waals surface area contributed by atoms with Gasteiger partial charge in [0, 0.05) is 42.4 Å². The maximum Gasteiger partial charge on any atom is 0.309 e. The van der Waals surface area contributed by atoms with Crippen LogP contribution in [0.1, 0.15) is 42.9 Å². The molecule has 0 saturated carbocycles. The highest BCUT2D eigenvalue weighted by Gasteiger charge is 2.41. The molecule has 1 saturated heterocycles. The molecule has 0 amide bonds. The number of likely N-dealkylation sites (tertiary alicyclic amines) is 1. The largest absolute Gasteiger partial charge is 0.497 e. The van der Waals surface area contributed by atoms with Crippen LogP contribution in [-0.4, -0.2) is 59.4 Å². The van der Waals surface area contributed by atoms with E-state index in [0.717, 1.165) is 6.07 Å². The van der Waals surface area contributed by atoms with Crippen molar-refractivity contribution in [2.45, 2.75) is 38.5 Å². The maximum absolute atomic E-state index is 13.8. The van der Waals surface area contributed by atoms with Crippen LogP contribution in [0.25, 0.3) is 10.9 Å². The van der Waals surface area contributed by atoms with E-state index in [0.29, 0.717) is 60.8 Å². The molecule has 1 fully saturated rings. The Morgan fingerprint density at radius 3 is 2.62 bits per heavy atom. The minimum atomic E-state index is -1.28. The van der Waals surface area contributed by atoms with E-state index >= 15 is 0 Å². The molecule has 1 aromatic heterocycles. The number of ether oxygens (including phenoxy) is 1. The predicted octanol–water partition coefficient (Wildman–Crippen LogP) is 5.22. The first kappa shape index (κ1) is 28.6. The smallest absolute Gasteiger partial charge is 0.309 e. The van der Waals surface area contributed by atoms with E-state index in [1.807, 2.05) is 4.90 Å². The van der Waals surface area contributed by atoms with Gasteiger partial charge in [-0.25, -0.2) is 17.6 Å². The molecule has 1 atom stereocenters. The molecule has 2 heterocycles. The van der Waals surface area contributed by atoms with Crippen molar-refractivity contribution in [3.63, 3.8) is 0 Å². The highest BCUT2D eigenvalue weighted by molar-refractivity contribution is 5.85. The van der Waals surface area contributed by atoms with Crippen LogP contribution < -0.4 is 10.1 Å². The summed E-state index contributed by atoms with van der Waals surface area (Å²) >= 11 is 0. The van der Waals surface area contributed by atoms with Crippen molar-refractivity contribution in [1.82, 2.24) is 9.88 Å². The topological polar surface area (TPSA) is 94.9 Å². The van der Waals surface area contributed by atoms with Gasteiger partial charge in [-0.3, -0.25) is 9.78 Å². The average molecular weight is 550 g/mol. The first-order chi connectivity index (χ1) is 18.7. The van der Waals surface area contributed by atoms with E-state index in [-0.39, 0.29) is 30.6 Å². The number of aliphatic hydroxyl groups is 1. The summed E-state index contributed by atoms with van der Waals surface area (Å²) in [6, 6.07) is 6.47. The number of benzene rings is 2. The van der Waals surface area contributed by atoms with E-state index in [9.17, 15) is 32.6 Å². The first-order valence-corrected chi connectivity index (χ1v) is 12.7. The van der Waals surface area contributed by atoms with Gasteiger partial charge in [-0.2, -0.15) is 0 Å². The second kappa shape index (κ2) is 12.2. The Morgan fingerprint density at radius 1 is 1.21 bits per heavy atom. The van der Waals surface area contributed by atoms with Crippen molar-refractivity contribution in [3.8, 4) is 5.75 Å². The monoisotopic (exact) mass is 549 g/mol. The molecule has 1 aliphatic rings. The van der Waals surface area contributed by atoms with Crippen molar-refractivity contribution >= 4 is 22.6 Å². The van der Waals surface area contributed by atoms with E-state index < -0.39 is 41.6 Å². The summed E-state index contributed by atoms with van der Waals surface area (Å²) in [5.74, 6) is -3.75. The van der Waals surface area contributed by atoms with E-state index in [1.165, 1.54) is 13.3 Å². The molecule has 1 unspecified atom stereocenters. The lowest BCUT2D eigenvalue weighted by atomic mass is 9.74. The van der Waals surface area contributed by atoms with Crippen LogP contribution in [0.4, 0.5) is 23.2 Å². The van der Waals surface area contributed by atoms with E-state index in [2.05, 4.69) is 10.3 Å². The Labute approximate surface area is 223 Å². The number of aliphatic hydroxyl groups excluding tert-OH is 1. The highest BCUT2D eigenvalue weighted by atomic mass is 19.2. The van der Waals surface area contributed by atoms with Gasteiger partial charge >= 0.3 is 5.97 Å². The Balaban J connectivity index is 1.39. The van der Waals surface area contributed by atoms with Gasteiger partial charge in [-0.05, 0) is 62.5 Å². The molecule has 0 bridgehead atoms. The number of halogens is 4. The van der Waals surface area contributed by atoms with E-state index in [1.54, 1.807) is 18.2 Å². The van der Waals surface area contributed by atoms with Gasteiger partial charge in [-0.1, -0.05) is 0 Å². The normalized spacial score (nSPS) is 16.3. The van der Waals surface area contributed by atoms with Crippen molar-refractivity contribution in [2.75, 3.05) is 38.6 Å². The third-order valence-corrected chi connectivity index (χ3v) is 7.58. The summed E-state index contributed by atoms with van der Waals surface area (Å²) in [5.41, 5.74) is -0.153. The Bertz CT molecular complexity index is 1330. The van der Waals surface area contributed by atoms with Gasteiger partial charge in [0.2, 0.25) is 0 Å². The second-order valence-corrected chi connectivity index (χ2v) is 9.87. The summed E-state index contributed by atoms with van der Waals surface area (Å²) in [6.07, 6.45) is 1.22. The maximum atomic E-state index is 13.8. The van der Waals surface area contributed by atoms with E-state index in [4.69, 9.17) is 4.74 Å². The minimum absolute atomic E-state index is 0.113. The number of hydrogen-bond acceptors (Lipinski definition) is 6. The molecule has 3 N–H and O–H groups in total. The molecule has 0 spiro atoms. The number of aromatic nitrogens is 1. The summed E-state index contributed by atoms with van der Waals surface area (Å²) in [6.45, 7) is 0.680. The number of carbonyl (C=O) groups is 1.